The van der Waals surface area contributed by atoms with Crippen molar-refractivity contribution in [2.75, 3.05) is 14.1 Å². The third-order valence-electron chi connectivity index (χ3n) is 2.92. The number of nitrogens with two attached hydrogens (primary N) is 1. The maximum absolute atomic E-state index is 5.58. The molecule has 2 N–H and O–H groups in total. The van der Waals surface area contributed by atoms with E-state index < -0.39 is 0 Å². The SMILES string of the molecule is CN(C)C1CCn2c(CN)nnc2C1. The molecule has 0 radical (unpaired) electrons. The summed E-state index contributed by atoms with van der Waals surface area (Å²) in [5.74, 6) is 1.99. The van der Waals surface area contributed by atoms with Gasteiger partial charge in [-0.2, -0.15) is 0 Å². The minimum Gasteiger partial charge on any atom is -0.324 e. The minimum atomic E-state index is 0.486. The predicted octanol–water partition coefficient (Wildman–Crippen LogP) is -0.387. The van der Waals surface area contributed by atoms with Crippen LogP contribution in [0.2, 0.25) is 0 Å². The lowest BCUT2D eigenvalue weighted by Crippen LogP contribution is -2.36. The first-order valence-corrected chi connectivity index (χ1v) is 5.00. The second-order valence-corrected chi connectivity index (χ2v) is 4.00. The highest BCUT2D eigenvalue weighted by molar-refractivity contribution is 5.01. The van der Waals surface area contributed by atoms with E-state index in [2.05, 4.69) is 33.8 Å². The first-order chi connectivity index (χ1) is 6.72. The van der Waals surface area contributed by atoms with E-state index in [1.165, 1.54) is 0 Å². The van der Waals surface area contributed by atoms with Crippen molar-refractivity contribution >= 4 is 0 Å². The third-order valence-corrected chi connectivity index (χ3v) is 2.92. The fraction of sp³-hybridized carbons (Fsp3) is 0.778. The first-order valence-electron chi connectivity index (χ1n) is 5.00. The highest BCUT2D eigenvalue weighted by Gasteiger charge is 2.23. The Morgan fingerprint density at radius 1 is 1.50 bits per heavy atom. The van der Waals surface area contributed by atoms with Crippen LogP contribution in [-0.2, 0) is 19.5 Å². The molecule has 1 aliphatic heterocycles. The van der Waals surface area contributed by atoms with Crippen molar-refractivity contribution in [2.45, 2.75) is 32.0 Å². The zero-order chi connectivity index (χ0) is 10.1. The lowest BCUT2D eigenvalue weighted by molar-refractivity contribution is 0.241. The molecular weight excluding hydrogens is 178 g/mol. The van der Waals surface area contributed by atoms with Gasteiger partial charge in [0.1, 0.15) is 11.6 Å². The lowest BCUT2D eigenvalue weighted by Gasteiger charge is -2.28. The zero-order valence-electron chi connectivity index (χ0n) is 8.77. The molecule has 0 spiro atoms. The molecule has 0 amide bonds. The highest BCUT2D eigenvalue weighted by atomic mass is 15.3. The molecule has 14 heavy (non-hydrogen) atoms. The molecular formula is C9H17N5. The van der Waals surface area contributed by atoms with E-state index in [0.717, 1.165) is 31.0 Å². The van der Waals surface area contributed by atoms with Gasteiger partial charge in [0.15, 0.2) is 0 Å². The van der Waals surface area contributed by atoms with Gasteiger partial charge in [-0.1, -0.05) is 0 Å². The van der Waals surface area contributed by atoms with Crippen molar-refractivity contribution in [3.8, 4) is 0 Å². The summed E-state index contributed by atoms with van der Waals surface area (Å²) in [5.41, 5.74) is 5.58. The summed E-state index contributed by atoms with van der Waals surface area (Å²) in [7, 11) is 4.22. The van der Waals surface area contributed by atoms with E-state index in [0.29, 0.717) is 12.6 Å². The van der Waals surface area contributed by atoms with Crippen LogP contribution < -0.4 is 5.73 Å². The summed E-state index contributed by atoms with van der Waals surface area (Å²) in [6.07, 6.45) is 2.14. The largest absolute Gasteiger partial charge is 0.324 e. The number of nitrogens with zero attached hydrogens (tertiary/aromatic N) is 4. The van der Waals surface area contributed by atoms with Crippen LogP contribution >= 0.6 is 0 Å². The van der Waals surface area contributed by atoms with Crippen LogP contribution in [0.15, 0.2) is 0 Å². The van der Waals surface area contributed by atoms with E-state index in [-0.39, 0.29) is 0 Å². The molecule has 1 unspecified atom stereocenters. The van der Waals surface area contributed by atoms with Crippen molar-refractivity contribution in [1.29, 1.82) is 0 Å². The van der Waals surface area contributed by atoms with E-state index in [1.54, 1.807) is 0 Å². The van der Waals surface area contributed by atoms with Crippen molar-refractivity contribution in [2.24, 2.45) is 5.73 Å². The Kier molecular flexibility index (Phi) is 2.52. The van der Waals surface area contributed by atoms with Gasteiger partial charge in [-0.15, -0.1) is 10.2 Å². The number of fused-ring (bicyclic) bond motifs is 1. The van der Waals surface area contributed by atoms with Crippen molar-refractivity contribution < 1.29 is 0 Å². The normalized spacial score (nSPS) is 21.3. The second kappa shape index (κ2) is 3.67. The zero-order valence-corrected chi connectivity index (χ0v) is 8.77. The molecule has 0 saturated carbocycles. The summed E-state index contributed by atoms with van der Waals surface area (Å²) in [5, 5.41) is 8.25. The van der Waals surface area contributed by atoms with E-state index in [9.17, 15) is 0 Å². The first kappa shape index (κ1) is 9.61. The lowest BCUT2D eigenvalue weighted by atomic mass is 10.1. The van der Waals surface area contributed by atoms with Gasteiger partial charge in [0.2, 0.25) is 0 Å². The predicted molar refractivity (Wildman–Crippen MR) is 53.7 cm³/mol. The Balaban J connectivity index is 2.20. The molecule has 5 heteroatoms. The Morgan fingerprint density at radius 3 is 2.93 bits per heavy atom. The molecule has 0 saturated heterocycles. The minimum absolute atomic E-state index is 0.486. The summed E-state index contributed by atoms with van der Waals surface area (Å²) in [6.45, 7) is 1.48. The number of rotatable bonds is 2. The molecule has 0 fully saturated rings. The summed E-state index contributed by atoms with van der Waals surface area (Å²) >= 11 is 0. The fourth-order valence-electron chi connectivity index (χ4n) is 1.96. The van der Waals surface area contributed by atoms with Crippen molar-refractivity contribution in [3.05, 3.63) is 11.6 Å². The smallest absolute Gasteiger partial charge is 0.146 e. The van der Waals surface area contributed by atoms with Gasteiger partial charge in [-0.05, 0) is 20.5 Å². The number of hydrogen-bond acceptors (Lipinski definition) is 4. The van der Waals surface area contributed by atoms with Gasteiger partial charge in [-0.25, -0.2) is 0 Å². The van der Waals surface area contributed by atoms with Gasteiger partial charge < -0.3 is 15.2 Å². The molecule has 0 aromatic carbocycles. The Hall–Kier alpha value is -0.940. The topological polar surface area (TPSA) is 60.0 Å². The summed E-state index contributed by atoms with van der Waals surface area (Å²) in [4.78, 5) is 2.25. The van der Waals surface area contributed by atoms with Gasteiger partial charge in [0.05, 0.1) is 6.54 Å². The third kappa shape index (κ3) is 1.53. The van der Waals surface area contributed by atoms with Crippen LogP contribution in [0.5, 0.6) is 0 Å². The standard InChI is InChI=1S/C9H17N5/c1-13(2)7-3-4-14-8(5-7)11-12-9(14)6-10/h7H,3-6,10H2,1-2H3. The van der Waals surface area contributed by atoms with Crippen LogP contribution in [0, 0.1) is 0 Å². The summed E-state index contributed by atoms with van der Waals surface area (Å²) in [6, 6.07) is 0.595. The van der Waals surface area contributed by atoms with Crippen molar-refractivity contribution in [1.82, 2.24) is 19.7 Å². The molecule has 2 rings (SSSR count). The van der Waals surface area contributed by atoms with Crippen LogP contribution in [0.1, 0.15) is 18.1 Å². The second-order valence-electron chi connectivity index (χ2n) is 4.00. The molecule has 78 valence electrons. The van der Waals surface area contributed by atoms with Gasteiger partial charge >= 0.3 is 0 Å². The molecule has 1 aliphatic rings. The average Bonchev–Trinajstić information content (AvgIpc) is 2.59. The van der Waals surface area contributed by atoms with E-state index in [1.807, 2.05) is 0 Å². The molecule has 5 nitrogen and oxygen atoms in total. The van der Waals surface area contributed by atoms with Crippen LogP contribution in [0.25, 0.3) is 0 Å². The fourth-order valence-corrected chi connectivity index (χ4v) is 1.96. The Labute approximate surface area is 83.9 Å². The quantitative estimate of drug-likeness (QED) is 0.698. The number of likely N-dealkylation sites (N-methyl/N-ethyl adjacent to an activating group) is 1. The van der Waals surface area contributed by atoms with Crippen LogP contribution in [0.4, 0.5) is 0 Å². The van der Waals surface area contributed by atoms with E-state index in [4.69, 9.17) is 5.73 Å². The molecule has 1 atom stereocenters. The van der Waals surface area contributed by atoms with Gasteiger partial charge in [0, 0.05) is 19.0 Å². The highest BCUT2D eigenvalue weighted by Crippen LogP contribution is 2.17. The van der Waals surface area contributed by atoms with Gasteiger partial charge in [0.25, 0.3) is 0 Å². The van der Waals surface area contributed by atoms with Crippen LogP contribution in [-0.4, -0.2) is 39.8 Å². The molecule has 0 bridgehead atoms. The molecule has 2 heterocycles. The van der Waals surface area contributed by atoms with Crippen LogP contribution in [0.3, 0.4) is 0 Å². The van der Waals surface area contributed by atoms with Crippen molar-refractivity contribution in [3.63, 3.8) is 0 Å². The monoisotopic (exact) mass is 195 g/mol. The average molecular weight is 195 g/mol. The maximum Gasteiger partial charge on any atom is 0.146 e. The molecule has 0 aliphatic carbocycles. The van der Waals surface area contributed by atoms with Gasteiger partial charge in [-0.3, -0.25) is 0 Å². The Morgan fingerprint density at radius 2 is 2.29 bits per heavy atom. The number of aromatic nitrogens is 3. The summed E-state index contributed by atoms with van der Waals surface area (Å²) < 4.78 is 2.15. The maximum atomic E-state index is 5.58. The number of hydrogen-bond donors (Lipinski definition) is 1. The Bertz CT molecular complexity index is 317. The molecule has 1 aromatic heterocycles. The van der Waals surface area contributed by atoms with E-state index >= 15 is 0 Å². The molecule has 1 aromatic rings.